The molecule has 2 N–H and O–H groups in total. The van der Waals surface area contributed by atoms with E-state index in [1.54, 1.807) is 0 Å². The van der Waals surface area contributed by atoms with E-state index in [0.717, 1.165) is 33.1 Å². The van der Waals surface area contributed by atoms with Crippen molar-refractivity contribution in [3.05, 3.63) is 70.5 Å². The Labute approximate surface area is 189 Å². The number of ketones is 1. The Hall–Kier alpha value is -3.09. The molecule has 2 aromatic heterocycles. The van der Waals surface area contributed by atoms with Gasteiger partial charge in [-0.1, -0.05) is 29.8 Å². The molecule has 0 amide bonds. The quantitative estimate of drug-likeness (QED) is 0.357. The number of aromatic amines is 2. The second-order valence-corrected chi connectivity index (χ2v) is 9.12. The number of aromatic nitrogens is 2. The Morgan fingerprint density at radius 3 is 2.84 bits per heavy atom. The van der Waals surface area contributed by atoms with Gasteiger partial charge in [-0.05, 0) is 48.2 Å². The fourth-order valence-electron chi connectivity index (χ4n) is 5.56. The number of benzene rings is 2. The summed E-state index contributed by atoms with van der Waals surface area (Å²) in [6.07, 6.45) is 2.97. The van der Waals surface area contributed by atoms with Gasteiger partial charge in [-0.15, -0.1) is 0 Å². The number of nitrogens with one attached hydrogen (secondary N) is 2. The second-order valence-electron chi connectivity index (χ2n) is 8.69. The minimum Gasteiger partial charge on any atom is -0.468 e. The molecule has 6 nitrogen and oxygen atoms in total. The van der Waals surface area contributed by atoms with Gasteiger partial charge >= 0.3 is 5.97 Å². The maximum Gasteiger partial charge on any atom is 0.316 e. The number of Topliss-reactive ketones (excluding diaryl/α,β-unsaturated/α-hetero) is 1. The SMILES string of the molecule is COC(=O)C1C[C@H]2c3[nH]c4ccccc4c3C[C@@H](C1=O)N2Cc1c[nH]c2ccc(Cl)cc12. The molecule has 7 heteroatoms. The summed E-state index contributed by atoms with van der Waals surface area (Å²) >= 11 is 6.25. The monoisotopic (exact) mass is 447 g/mol. The average Bonchev–Trinajstić information content (AvgIpc) is 3.37. The molecule has 0 saturated carbocycles. The summed E-state index contributed by atoms with van der Waals surface area (Å²) in [6.45, 7) is 0.587. The number of H-pyrrole nitrogens is 2. The Balaban J connectivity index is 1.47. The molecule has 0 aliphatic carbocycles. The number of methoxy groups -OCH3 is 1. The number of halogens is 1. The highest BCUT2D eigenvalue weighted by Gasteiger charge is 2.50. The molecule has 4 aromatic rings. The van der Waals surface area contributed by atoms with E-state index in [2.05, 4.69) is 27.0 Å². The van der Waals surface area contributed by atoms with Crippen molar-refractivity contribution in [3.63, 3.8) is 0 Å². The van der Waals surface area contributed by atoms with Gasteiger partial charge in [0.05, 0.1) is 19.2 Å². The van der Waals surface area contributed by atoms with E-state index in [9.17, 15) is 9.59 Å². The number of carbonyl (C=O) groups is 2. The van der Waals surface area contributed by atoms with Crippen LogP contribution in [-0.2, 0) is 27.3 Å². The molecule has 32 heavy (non-hydrogen) atoms. The first-order valence-electron chi connectivity index (χ1n) is 10.8. The standard InChI is InChI=1S/C25H22ClN3O3/c1-32-25(31)18-10-21-23-17(15-4-2-3-5-20(15)28-23)9-22(24(18)30)29(21)12-13-11-27-19-7-6-14(26)8-16(13)19/h2-8,11,18,21-22,27-28H,9-10,12H2,1H3/t18?,21-,22-/m0/s1. The van der Waals surface area contributed by atoms with E-state index in [0.29, 0.717) is 24.4 Å². The number of nitrogens with zero attached hydrogens (tertiary/aromatic N) is 1. The molecule has 2 aliphatic rings. The number of hydrogen-bond acceptors (Lipinski definition) is 4. The van der Waals surface area contributed by atoms with Crippen LogP contribution in [0.4, 0.5) is 0 Å². The lowest BCUT2D eigenvalue weighted by atomic mass is 9.76. The molecule has 3 atom stereocenters. The van der Waals surface area contributed by atoms with Crippen LogP contribution in [0.15, 0.2) is 48.7 Å². The van der Waals surface area contributed by atoms with Crippen molar-refractivity contribution in [1.29, 1.82) is 0 Å². The third-order valence-corrected chi connectivity index (χ3v) is 7.31. The maximum atomic E-state index is 13.5. The minimum atomic E-state index is -0.733. The van der Waals surface area contributed by atoms with Gasteiger partial charge in [0.15, 0.2) is 5.78 Å². The van der Waals surface area contributed by atoms with Crippen LogP contribution < -0.4 is 0 Å². The zero-order chi connectivity index (χ0) is 22.0. The normalized spacial score (nSPS) is 22.9. The third-order valence-electron chi connectivity index (χ3n) is 7.08. The number of hydrogen-bond donors (Lipinski definition) is 2. The molecular formula is C25H22ClN3O3. The van der Waals surface area contributed by atoms with Crippen LogP contribution in [-0.4, -0.2) is 39.8 Å². The number of rotatable bonds is 3. The van der Waals surface area contributed by atoms with Crippen molar-refractivity contribution < 1.29 is 14.3 Å². The van der Waals surface area contributed by atoms with Crippen molar-refractivity contribution in [3.8, 4) is 0 Å². The summed E-state index contributed by atoms with van der Waals surface area (Å²) in [4.78, 5) is 35.0. The predicted octanol–water partition coefficient (Wildman–Crippen LogP) is 4.53. The zero-order valence-corrected chi connectivity index (χ0v) is 18.3. The Morgan fingerprint density at radius 2 is 2.00 bits per heavy atom. The van der Waals surface area contributed by atoms with Crippen LogP contribution in [0.2, 0.25) is 5.02 Å². The number of para-hydroxylation sites is 1. The van der Waals surface area contributed by atoms with Crippen LogP contribution in [0.3, 0.4) is 0 Å². The fourth-order valence-corrected chi connectivity index (χ4v) is 5.73. The van der Waals surface area contributed by atoms with Crippen LogP contribution in [0.25, 0.3) is 21.8 Å². The number of carbonyl (C=O) groups excluding carboxylic acids is 2. The fraction of sp³-hybridized carbons (Fsp3) is 0.280. The molecule has 1 unspecified atom stereocenters. The van der Waals surface area contributed by atoms with Gasteiger partial charge in [0, 0.05) is 45.3 Å². The van der Waals surface area contributed by atoms with E-state index in [-0.39, 0.29) is 17.9 Å². The van der Waals surface area contributed by atoms with Gasteiger partial charge in [0.1, 0.15) is 5.92 Å². The Kier molecular flexibility index (Phi) is 4.42. The van der Waals surface area contributed by atoms with Crippen molar-refractivity contribution in [2.24, 2.45) is 5.92 Å². The van der Waals surface area contributed by atoms with Crippen molar-refractivity contribution >= 4 is 45.2 Å². The summed E-state index contributed by atoms with van der Waals surface area (Å²) in [5, 5.41) is 2.88. The van der Waals surface area contributed by atoms with Crippen molar-refractivity contribution in [2.45, 2.75) is 31.5 Å². The molecule has 162 valence electrons. The molecule has 4 heterocycles. The third kappa shape index (κ3) is 2.83. The van der Waals surface area contributed by atoms with E-state index in [4.69, 9.17) is 16.3 Å². The number of piperidine rings is 1. The van der Waals surface area contributed by atoms with Gasteiger partial charge in [-0.25, -0.2) is 0 Å². The first-order valence-corrected chi connectivity index (χ1v) is 11.1. The van der Waals surface area contributed by atoms with Crippen molar-refractivity contribution in [1.82, 2.24) is 14.9 Å². The summed E-state index contributed by atoms with van der Waals surface area (Å²) < 4.78 is 4.98. The number of fused-ring (bicyclic) bond motifs is 7. The molecule has 2 aromatic carbocycles. The van der Waals surface area contributed by atoms with E-state index in [1.807, 2.05) is 36.5 Å². The van der Waals surface area contributed by atoms with Crippen LogP contribution in [0.5, 0.6) is 0 Å². The number of ether oxygens (including phenoxy) is 1. The molecule has 0 spiro atoms. The first kappa shape index (κ1) is 19.6. The number of esters is 1. The summed E-state index contributed by atoms with van der Waals surface area (Å²) in [5.74, 6) is -1.23. The molecule has 6 rings (SSSR count). The summed E-state index contributed by atoms with van der Waals surface area (Å²) in [7, 11) is 1.35. The topological polar surface area (TPSA) is 78.2 Å². The van der Waals surface area contributed by atoms with E-state index >= 15 is 0 Å². The lowest BCUT2D eigenvalue weighted by Gasteiger charge is -2.46. The lowest BCUT2D eigenvalue weighted by Crippen LogP contribution is -2.56. The van der Waals surface area contributed by atoms with Gasteiger partial charge in [0.25, 0.3) is 0 Å². The van der Waals surface area contributed by atoms with Crippen LogP contribution in [0.1, 0.15) is 29.3 Å². The largest absolute Gasteiger partial charge is 0.468 e. The zero-order valence-electron chi connectivity index (χ0n) is 17.5. The highest BCUT2D eigenvalue weighted by atomic mass is 35.5. The average molecular weight is 448 g/mol. The lowest BCUT2D eigenvalue weighted by molar-refractivity contribution is -0.156. The molecule has 2 bridgehead atoms. The van der Waals surface area contributed by atoms with Crippen molar-refractivity contribution in [2.75, 3.05) is 7.11 Å². The first-order chi connectivity index (χ1) is 15.5. The van der Waals surface area contributed by atoms with E-state index in [1.165, 1.54) is 12.7 Å². The molecule has 1 saturated heterocycles. The summed E-state index contributed by atoms with van der Waals surface area (Å²) in [5.41, 5.74) is 5.44. The molecular weight excluding hydrogens is 426 g/mol. The van der Waals surface area contributed by atoms with Crippen LogP contribution in [0, 0.1) is 5.92 Å². The minimum absolute atomic E-state index is 0.0538. The second kappa shape index (κ2) is 7.22. The van der Waals surface area contributed by atoms with Gasteiger partial charge in [-0.3, -0.25) is 14.5 Å². The Morgan fingerprint density at radius 1 is 1.16 bits per heavy atom. The summed E-state index contributed by atoms with van der Waals surface area (Å²) in [6, 6.07) is 13.5. The van der Waals surface area contributed by atoms with Gasteiger partial charge in [-0.2, -0.15) is 0 Å². The highest BCUT2D eigenvalue weighted by molar-refractivity contribution is 6.31. The van der Waals surface area contributed by atoms with Crippen LogP contribution >= 0.6 is 11.6 Å². The maximum absolute atomic E-state index is 13.5. The Bertz CT molecular complexity index is 1390. The van der Waals surface area contributed by atoms with Gasteiger partial charge in [0.2, 0.25) is 0 Å². The smallest absolute Gasteiger partial charge is 0.316 e. The van der Waals surface area contributed by atoms with E-state index < -0.39 is 11.9 Å². The highest BCUT2D eigenvalue weighted by Crippen LogP contribution is 2.46. The molecule has 2 aliphatic heterocycles. The predicted molar refractivity (Wildman–Crippen MR) is 123 cm³/mol. The molecule has 0 radical (unpaired) electrons. The van der Waals surface area contributed by atoms with Gasteiger partial charge < -0.3 is 14.7 Å². The molecule has 1 fully saturated rings.